The molecule has 2 nitrogen and oxygen atoms in total. The Morgan fingerprint density at radius 1 is 1.25 bits per heavy atom. The van der Waals surface area contributed by atoms with Crippen LogP contribution in [-0.4, -0.2) is 11.9 Å². The van der Waals surface area contributed by atoms with Gasteiger partial charge in [-0.25, -0.2) is 0 Å². The fourth-order valence-corrected chi connectivity index (χ4v) is 2.94. The van der Waals surface area contributed by atoms with Gasteiger partial charge in [-0.1, -0.05) is 18.6 Å². The van der Waals surface area contributed by atoms with Gasteiger partial charge in [0.2, 0.25) is 0 Å². The number of aryl methyl sites for hydroxylation is 1. The van der Waals surface area contributed by atoms with E-state index in [-0.39, 0.29) is 12.0 Å². The maximum absolute atomic E-state index is 12.4. The van der Waals surface area contributed by atoms with Crippen LogP contribution < -0.4 is 4.74 Å². The van der Waals surface area contributed by atoms with E-state index in [1.54, 1.807) is 0 Å². The van der Waals surface area contributed by atoms with Gasteiger partial charge in [-0.05, 0) is 37.8 Å². The maximum Gasteiger partial charge on any atom is 0.173 e. The average Bonchev–Trinajstić information content (AvgIpc) is 2.29. The summed E-state index contributed by atoms with van der Waals surface area (Å²) < 4.78 is 5.97. The molecule has 2 unspecified atom stereocenters. The van der Waals surface area contributed by atoms with Gasteiger partial charge >= 0.3 is 0 Å². The van der Waals surface area contributed by atoms with E-state index in [1.807, 2.05) is 25.1 Å². The van der Waals surface area contributed by atoms with E-state index in [2.05, 4.69) is 0 Å². The summed E-state index contributed by atoms with van der Waals surface area (Å²) in [6.45, 7) is 1.99. The molecule has 0 amide bonds. The quantitative estimate of drug-likeness (QED) is 0.666. The van der Waals surface area contributed by atoms with Crippen molar-refractivity contribution in [2.75, 3.05) is 0 Å². The first-order valence-corrected chi connectivity index (χ1v) is 6.08. The van der Waals surface area contributed by atoms with Crippen LogP contribution in [0.2, 0.25) is 0 Å². The van der Waals surface area contributed by atoms with Crippen LogP contribution in [0.25, 0.3) is 0 Å². The van der Waals surface area contributed by atoms with Crippen LogP contribution in [0.4, 0.5) is 0 Å². The van der Waals surface area contributed by atoms with Crippen LogP contribution in [-0.2, 0) is 0 Å². The number of benzene rings is 1. The van der Waals surface area contributed by atoms with E-state index >= 15 is 0 Å². The summed E-state index contributed by atoms with van der Waals surface area (Å²) in [7, 11) is 0. The summed E-state index contributed by atoms with van der Waals surface area (Å²) in [5.41, 5.74) is 1.87. The van der Waals surface area contributed by atoms with Crippen molar-refractivity contribution in [3.05, 3.63) is 29.3 Å². The molecule has 0 N–H and O–H groups in total. The summed E-state index contributed by atoms with van der Waals surface area (Å²) in [5.74, 6) is 1.22. The monoisotopic (exact) mass is 216 g/mol. The van der Waals surface area contributed by atoms with Crippen LogP contribution in [0, 0.1) is 12.8 Å². The van der Waals surface area contributed by atoms with E-state index in [0.717, 1.165) is 36.1 Å². The Bertz CT molecular complexity index is 436. The van der Waals surface area contributed by atoms with Gasteiger partial charge < -0.3 is 4.74 Å². The zero-order chi connectivity index (χ0) is 11.1. The Morgan fingerprint density at radius 3 is 2.94 bits per heavy atom. The molecular weight excluding hydrogens is 200 g/mol. The SMILES string of the molecule is Cc1cccc2c1C(=O)C1CCCCC1O2. The Hall–Kier alpha value is -1.31. The fraction of sp³-hybridized carbons (Fsp3) is 0.500. The standard InChI is InChI=1S/C14H16O2/c1-9-5-4-8-12-13(9)14(15)10-6-2-3-7-11(10)16-12/h4-5,8,10-11H,2-3,6-7H2,1H3. The molecule has 1 aromatic rings. The molecule has 1 saturated carbocycles. The first-order chi connectivity index (χ1) is 7.77. The predicted molar refractivity (Wildman–Crippen MR) is 61.9 cm³/mol. The van der Waals surface area contributed by atoms with Crippen molar-refractivity contribution >= 4 is 5.78 Å². The second-order valence-corrected chi connectivity index (χ2v) is 4.86. The van der Waals surface area contributed by atoms with Crippen molar-refractivity contribution in [2.45, 2.75) is 38.7 Å². The van der Waals surface area contributed by atoms with Gasteiger partial charge in [0.1, 0.15) is 11.9 Å². The molecule has 0 radical (unpaired) electrons. The fourth-order valence-electron chi connectivity index (χ4n) is 2.94. The number of ketones is 1. The molecule has 1 fully saturated rings. The molecule has 2 atom stereocenters. The van der Waals surface area contributed by atoms with E-state index in [1.165, 1.54) is 6.42 Å². The van der Waals surface area contributed by atoms with E-state index in [0.29, 0.717) is 5.78 Å². The van der Waals surface area contributed by atoms with Crippen molar-refractivity contribution < 1.29 is 9.53 Å². The highest BCUT2D eigenvalue weighted by Gasteiger charge is 2.38. The lowest BCUT2D eigenvalue weighted by molar-refractivity contribution is 0.0523. The molecule has 3 rings (SSSR count). The number of carbonyl (C=O) groups is 1. The molecule has 1 aliphatic carbocycles. The summed E-state index contributed by atoms with van der Waals surface area (Å²) in [6, 6.07) is 5.87. The van der Waals surface area contributed by atoms with Crippen LogP contribution in [0.15, 0.2) is 18.2 Å². The lowest BCUT2D eigenvalue weighted by Gasteiger charge is -2.36. The number of hydrogen-bond acceptors (Lipinski definition) is 2. The maximum atomic E-state index is 12.4. The predicted octanol–water partition coefficient (Wildman–Crippen LogP) is 3.13. The molecule has 1 aliphatic heterocycles. The zero-order valence-electron chi connectivity index (χ0n) is 9.53. The topological polar surface area (TPSA) is 26.3 Å². The third-order valence-corrected chi connectivity index (χ3v) is 3.80. The zero-order valence-corrected chi connectivity index (χ0v) is 9.53. The van der Waals surface area contributed by atoms with Crippen molar-refractivity contribution in [1.29, 1.82) is 0 Å². The molecule has 0 spiro atoms. The van der Waals surface area contributed by atoms with Gasteiger partial charge in [-0.3, -0.25) is 4.79 Å². The molecule has 0 saturated heterocycles. The number of hydrogen-bond donors (Lipinski definition) is 0. The first-order valence-electron chi connectivity index (χ1n) is 6.08. The Balaban J connectivity index is 2.07. The molecule has 2 aliphatic rings. The molecular formula is C14H16O2. The Morgan fingerprint density at radius 2 is 2.06 bits per heavy atom. The summed E-state index contributed by atoms with van der Waals surface area (Å²) >= 11 is 0. The lowest BCUT2D eigenvalue weighted by atomic mass is 9.78. The Kier molecular flexibility index (Phi) is 2.23. The molecule has 84 valence electrons. The highest BCUT2D eigenvalue weighted by Crippen LogP contribution is 2.39. The Labute approximate surface area is 95.6 Å². The molecule has 2 heteroatoms. The van der Waals surface area contributed by atoms with E-state index in [9.17, 15) is 4.79 Å². The number of ether oxygens (including phenoxy) is 1. The normalized spacial score (nSPS) is 27.9. The van der Waals surface area contributed by atoms with Gasteiger partial charge in [-0.2, -0.15) is 0 Å². The number of carbonyl (C=O) groups excluding carboxylic acids is 1. The summed E-state index contributed by atoms with van der Waals surface area (Å²) in [5, 5.41) is 0. The van der Waals surface area contributed by atoms with Crippen molar-refractivity contribution in [3.8, 4) is 5.75 Å². The van der Waals surface area contributed by atoms with E-state index in [4.69, 9.17) is 4.74 Å². The minimum atomic E-state index is 0.113. The lowest BCUT2D eigenvalue weighted by Crippen LogP contribution is -2.40. The summed E-state index contributed by atoms with van der Waals surface area (Å²) in [4.78, 5) is 12.4. The van der Waals surface area contributed by atoms with Gasteiger partial charge in [-0.15, -0.1) is 0 Å². The first kappa shape index (κ1) is 9.88. The second-order valence-electron chi connectivity index (χ2n) is 4.86. The third kappa shape index (κ3) is 1.36. The highest BCUT2D eigenvalue weighted by atomic mass is 16.5. The minimum absolute atomic E-state index is 0.113. The second kappa shape index (κ2) is 3.62. The molecule has 1 aromatic carbocycles. The molecule has 1 heterocycles. The number of Topliss-reactive ketones (excluding diaryl/α,β-unsaturated/α-hetero) is 1. The highest BCUT2D eigenvalue weighted by molar-refractivity contribution is 6.02. The van der Waals surface area contributed by atoms with Gasteiger partial charge in [0.25, 0.3) is 0 Å². The smallest absolute Gasteiger partial charge is 0.173 e. The molecule has 0 bridgehead atoms. The van der Waals surface area contributed by atoms with Crippen molar-refractivity contribution in [1.82, 2.24) is 0 Å². The van der Waals surface area contributed by atoms with Gasteiger partial charge in [0.05, 0.1) is 11.5 Å². The largest absolute Gasteiger partial charge is 0.489 e. The van der Waals surface area contributed by atoms with E-state index < -0.39 is 0 Å². The summed E-state index contributed by atoms with van der Waals surface area (Å²) in [6.07, 6.45) is 4.52. The number of fused-ring (bicyclic) bond motifs is 2. The minimum Gasteiger partial charge on any atom is -0.489 e. The molecule has 16 heavy (non-hydrogen) atoms. The van der Waals surface area contributed by atoms with Crippen LogP contribution in [0.5, 0.6) is 5.75 Å². The van der Waals surface area contributed by atoms with Crippen molar-refractivity contribution in [3.63, 3.8) is 0 Å². The third-order valence-electron chi connectivity index (χ3n) is 3.80. The number of rotatable bonds is 0. The van der Waals surface area contributed by atoms with Crippen LogP contribution >= 0.6 is 0 Å². The average molecular weight is 216 g/mol. The van der Waals surface area contributed by atoms with Crippen molar-refractivity contribution in [2.24, 2.45) is 5.92 Å². The molecule has 0 aromatic heterocycles. The van der Waals surface area contributed by atoms with Crippen LogP contribution in [0.1, 0.15) is 41.6 Å². The van der Waals surface area contributed by atoms with Gasteiger partial charge in [0.15, 0.2) is 5.78 Å². The van der Waals surface area contributed by atoms with Gasteiger partial charge in [0, 0.05) is 0 Å². The van der Waals surface area contributed by atoms with Crippen LogP contribution in [0.3, 0.4) is 0 Å².